The van der Waals surface area contributed by atoms with E-state index < -0.39 is 0 Å². The zero-order valence-corrected chi connectivity index (χ0v) is 11.0. The highest BCUT2D eigenvalue weighted by atomic mass is 35.5. The molecular weight excluding hydrogens is 262 g/mol. The first-order valence-electron chi connectivity index (χ1n) is 5.85. The zero-order valence-electron chi connectivity index (χ0n) is 10.2. The maximum atomic E-state index is 11.8. The molecule has 1 aromatic carbocycles. The average molecular weight is 276 g/mol. The van der Waals surface area contributed by atoms with Crippen LogP contribution in [0.5, 0.6) is 0 Å². The quantitative estimate of drug-likeness (QED) is 0.548. The molecule has 4 N–H and O–H groups in total. The number of pyridine rings is 1. The first kappa shape index (κ1) is 13.4. The van der Waals surface area contributed by atoms with E-state index in [2.05, 4.69) is 11.1 Å². The number of nitrogen functional groups attached to an aromatic ring is 1. The minimum Gasteiger partial charge on any atom is -0.384 e. The van der Waals surface area contributed by atoms with E-state index in [-0.39, 0.29) is 29.4 Å². The molecule has 0 saturated heterocycles. The largest absolute Gasteiger partial charge is 0.384 e. The summed E-state index contributed by atoms with van der Waals surface area (Å²) in [5.41, 5.74) is 9.71. The van der Waals surface area contributed by atoms with E-state index >= 15 is 0 Å². The molecule has 98 valence electrons. The number of rotatable bonds is 1. The Morgan fingerprint density at radius 3 is 2.68 bits per heavy atom. The van der Waals surface area contributed by atoms with Crippen molar-refractivity contribution in [2.24, 2.45) is 5.73 Å². The fraction of sp³-hybridized carbons (Fsp3) is 0.143. The molecule has 0 atom stereocenters. The van der Waals surface area contributed by atoms with Crippen LogP contribution in [-0.4, -0.2) is 10.8 Å². The van der Waals surface area contributed by atoms with E-state index in [0.717, 1.165) is 29.7 Å². The molecular formula is C14H14ClN3O. The van der Waals surface area contributed by atoms with Crippen molar-refractivity contribution in [3.8, 4) is 11.1 Å². The molecule has 0 saturated carbocycles. The Morgan fingerprint density at radius 2 is 1.95 bits per heavy atom. The topological polar surface area (TPSA) is 82.7 Å². The van der Waals surface area contributed by atoms with Gasteiger partial charge in [-0.15, -0.1) is 12.4 Å². The van der Waals surface area contributed by atoms with Crippen molar-refractivity contribution in [1.82, 2.24) is 4.98 Å². The first-order chi connectivity index (χ1) is 8.66. The van der Waals surface area contributed by atoms with E-state index in [1.54, 1.807) is 6.07 Å². The molecule has 3 rings (SSSR count). The van der Waals surface area contributed by atoms with Crippen molar-refractivity contribution < 1.29 is 0 Å². The molecule has 0 aliphatic heterocycles. The molecule has 4 nitrogen and oxygen atoms in total. The number of amidine groups is 1. The summed E-state index contributed by atoms with van der Waals surface area (Å²) in [7, 11) is 0. The van der Waals surface area contributed by atoms with E-state index in [0.29, 0.717) is 0 Å². The molecule has 1 aromatic heterocycles. The van der Waals surface area contributed by atoms with Gasteiger partial charge in [0, 0.05) is 11.3 Å². The number of hydrogen-bond acceptors (Lipinski definition) is 2. The van der Waals surface area contributed by atoms with Crippen molar-refractivity contribution >= 4 is 18.2 Å². The molecule has 0 amide bonds. The second-order valence-electron chi connectivity index (χ2n) is 4.48. The number of H-pyrrole nitrogens is 1. The zero-order chi connectivity index (χ0) is 12.7. The van der Waals surface area contributed by atoms with Crippen molar-refractivity contribution in [1.29, 1.82) is 5.41 Å². The maximum absolute atomic E-state index is 11.8. The summed E-state index contributed by atoms with van der Waals surface area (Å²) in [5.74, 6) is -0.192. The number of fused-ring (bicyclic) bond motifs is 3. The predicted molar refractivity (Wildman–Crippen MR) is 78.2 cm³/mol. The van der Waals surface area contributed by atoms with Gasteiger partial charge in [0.1, 0.15) is 5.84 Å². The molecule has 0 unspecified atom stereocenters. The number of halogens is 1. The summed E-state index contributed by atoms with van der Waals surface area (Å²) < 4.78 is 0. The third-order valence-corrected chi connectivity index (χ3v) is 3.36. The van der Waals surface area contributed by atoms with E-state index in [9.17, 15) is 4.79 Å². The Hall–Kier alpha value is -2.07. The molecule has 0 bridgehead atoms. The van der Waals surface area contributed by atoms with Crippen LogP contribution >= 0.6 is 12.4 Å². The third-order valence-electron chi connectivity index (χ3n) is 3.36. The van der Waals surface area contributed by atoms with Crippen molar-refractivity contribution in [3.05, 3.63) is 57.5 Å². The van der Waals surface area contributed by atoms with Crippen molar-refractivity contribution in [2.45, 2.75) is 12.8 Å². The van der Waals surface area contributed by atoms with Gasteiger partial charge in [0.05, 0.1) is 5.56 Å². The molecule has 1 aliphatic rings. The molecule has 0 spiro atoms. The lowest BCUT2D eigenvalue weighted by Crippen LogP contribution is -2.25. The van der Waals surface area contributed by atoms with Gasteiger partial charge in [0.25, 0.3) is 5.56 Å². The number of nitrogens with one attached hydrogen (secondary N) is 2. The molecule has 1 heterocycles. The van der Waals surface area contributed by atoms with Gasteiger partial charge in [-0.1, -0.05) is 24.3 Å². The van der Waals surface area contributed by atoms with Crippen molar-refractivity contribution in [2.75, 3.05) is 0 Å². The van der Waals surface area contributed by atoms with Gasteiger partial charge in [-0.2, -0.15) is 0 Å². The number of aromatic amines is 1. The summed E-state index contributed by atoms with van der Waals surface area (Å²) in [6.45, 7) is 0. The minimum absolute atomic E-state index is 0. The molecule has 0 fully saturated rings. The third kappa shape index (κ3) is 2.15. The van der Waals surface area contributed by atoms with E-state index in [1.807, 2.05) is 18.2 Å². The summed E-state index contributed by atoms with van der Waals surface area (Å²) in [6.07, 6.45) is 1.75. The van der Waals surface area contributed by atoms with Crippen LogP contribution in [0, 0.1) is 5.41 Å². The smallest absolute Gasteiger partial charge is 0.259 e. The fourth-order valence-corrected chi connectivity index (χ4v) is 2.47. The van der Waals surface area contributed by atoms with Crippen LogP contribution in [0.15, 0.2) is 35.1 Å². The lowest BCUT2D eigenvalue weighted by Gasteiger charge is -2.19. The molecule has 1 aliphatic carbocycles. The molecule has 2 aromatic rings. The van der Waals surface area contributed by atoms with Gasteiger partial charge in [-0.3, -0.25) is 10.2 Å². The molecule has 19 heavy (non-hydrogen) atoms. The van der Waals surface area contributed by atoms with Gasteiger partial charge in [0.2, 0.25) is 0 Å². The second kappa shape index (κ2) is 4.90. The second-order valence-corrected chi connectivity index (χ2v) is 4.48. The highest BCUT2D eigenvalue weighted by Crippen LogP contribution is 2.31. The highest BCUT2D eigenvalue weighted by molar-refractivity contribution is 5.96. The molecule has 5 heteroatoms. The Kier molecular flexibility index (Phi) is 3.44. The number of benzene rings is 1. The Bertz CT molecular complexity index is 706. The predicted octanol–water partition coefficient (Wildman–Crippen LogP) is 1.85. The standard InChI is InChI=1S/C14H13N3O.ClH/c15-13(16)11-7-10-9-4-2-1-3-8(9)5-6-12(10)17-14(11)18;/h1-4,7H,5-6H2,(H3,15,16)(H,17,18);1H. The number of hydrogen-bond donors (Lipinski definition) is 3. The summed E-state index contributed by atoms with van der Waals surface area (Å²) >= 11 is 0. The van der Waals surface area contributed by atoms with Gasteiger partial charge in [-0.25, -0.2) is 0 Å². The Balaban J connectivity index is 0.00000133. The van der Waals surface area contributed by atoms with Crippen LogP contribution in [0.25, 0.3) is 11.1 Å². The fourth-order valence-electron chi connectivity index (χ4n) is 2.47. The highest BCUT2D eigenvalue weighted by Gasteiger charge is 2.18. The van der Waals surface area contributed by atoms with Gasteiger partial charge in [0.15, 0.2) is 0 Å². The lowest BCUT2D eigenvalue weighted by molar-refractivity contribution is 0.886. The molecule has 0 radical (unpaired) electrons. The lowest BCUT2D eigenvalue weighted by atomic mass is 9.88. The van der Waals surface area contributed by atoms with Crippen LogP contribution in [0.4, 0.5) is 0 Å². The van der Waals surface area contributed by atoms with E-state index in [1.165, 1.54) is 5.56 Å². The van der Waals surface area contributed by atoms with E-state index in [4.69, 9.17) is 11.1 Å². The van der Waals surface area contributed by atoms with Crippen LogP contribution in [0.3, 0.4) is 0 Å². The SMILES string of the molecule is Cl.N=C(N)c1cc2c([nH]c1=O)CCc1ccccc1-2. The Labute approximate surface area is 116 Å². The van der Waals surface area contributed by atoms with Crippen LogP contribution in [0.1, 0.15) is 16.8 Å². The summed E-state index contributed by atoms with van der Waals surface area (Å²) in [4.78, 5) is 14.6. The first-order valence-corrected chi connectivity index (χ1v) is 5.85. The van der Waals surface area contributed by atoms with Crippen LogP contribution < -0.4 is 11.3 Å². The monoisotopic (exact) mass is 275 g/mol. The minimum atomic E-state index is -0.277. The van der Waals surface area contributed by atoms with Crippen LogP contribution in [0.2, 0.25) is 0 Å². The van der Waals surface area contributed by atoms with Gasteiger partial charge in [-0.05, 0) is 30.0 Å². The average Bonchev–Trinajstić information content (AvgIpc) is 2.37. The maximum Gasteiger partial charge on any atom is 0.259 e. The number of aromatic nitrogens is 1. The number of aryl methyl sites for hydroxylation is 2. The van der Waals surface area contributed by atoms with Crippen LogP contribution in [-0.2, 0) is 12.8 Å². The Morgan fingerprint density at radius 1 is 1.21 bits per heavy atom. The van der Waals surface area contributed by atoms with Crippen molar-refractivity contribution in [3.63, 3.8) is 0 Å². The van der Waals surface area contributed by atoms with Gasteiger partial charge >= 0.3 is 0 Å². The normalized spacial score (nSPS) is 12.0. The summed E-state index contributed by atoms with van der Waals surface area (Å²) in [5, 5.41) is 7.44. The number of nitrogens with two attached hydrogens (primary N) is 1. The van der Waals surface area contributed by atoms with Gasteiger partial charge < -0.3 is 10.7 Å². The summed E-state index contributed by atoms with van der Waals surface area (Å²) in [6, 6.07) is 9.86.